The van der Waals surface area contributed by atoms with Crippen molar-refractivity contribution in [2.45, 2.75) is 44.1 Å². The Morgan fingerprint density at radius 3 is 2.73 bits per heavy atom. The lowest BCUT2D eigenvalue weighted by atomic mass is 9.97. The molecule has 8 heteroatoms. The average Bonchev–Trinajstić information content (AvgIpc) is 3.53. The van der Waals surface area contributed by atoms with Gasteiger partial charge < -0.3 is 19.1 Å². The molecule has 2 heterocycles. The Labute approximate surface area is 191 Å². The number of aromatic nitrogens is 1. The highest BCUT2D eigenvalue weighted by atomic mass is 16.5. The monoisotopic (exact) mass is 450 g/mol. The van der Waals surface area contributed by atoms with Gasteiger partial charge in [0.15, 0.2) is 11.9 Å². The lowest BCUT2D eigenvalue weighted by Crippen LogP contribution is -2.32. The molecule has 1 saturated carbocycles. The van der Waals surface area contributed by atoms with Gasteiger partial charge in [-0.2, -0.15) is 0 Å². The minimum atomic E-state index is -0.610. The van der Waals surface area contributed by atoms with Crippen molar-refractivity contribution in [3.8, 4) is 11.6 Å². The molecule has 1 aromatic carbocycles. The number of pyridine rings is 1. The molecule has 8 nitrogen and oxygen atoms in total. The summed E-state index contributed by atoms with van der Waals surface area (Å²) in [5, 5.41) is 0. The van der Waals surface area contributed by atoms with Crippen LogP contribution in [0.1, 0.15) is 53.9 Å². The number of anilines is 1. The van der Waals surface area contributed by atoms with Gasteiger partial charge in [0.2, 0.25) is 5.88 Å². The molecular formula is C25H26N2O6. The zero-order chi connectivity index (χ0) is 22.9. The van der Waals surface area contributed by atoms with E-state index in [0.29, 0.717) is 48.4 Å². The molecule has 1 saturated heterocycles. The van der Waals surface area contributed by atoms with E-state index in [0.717, 1.165) is 5.56 Å². The van der Waals surface area contributed by atoms with Gasteiger partial charge in [0.1, 0.15) is 5.75 Å². The van der Waals surface area contributed by atoms with Crippen LogP contribution in [0.5, 0.6) is 11.6 Å². The van der Waals surface area contributed by atoms with Gasteiger partial charge in [-0.25, -0.2) is 4.98 Å². The Morgan fingerprint density at radius 1 is 1.15 bits per heavy atom. The number of amides is 1. The molecule has 1 amide bonds. The summed E-state index contributed by atoms with van der Waals surface area (Å²) >= 11 is 0. The van der Waals surface area contributed by atoms with E-state index in [4.69, 9.17) is 14.2 Å². The van der Waals surface area contributed by atoms with Crippen LogP contribution in [0.2, 0.25) is 0 Å². The number of benzene rings is 1. The van der Waals surface area contributed by atoms with Gasteiger partial charge in [0.05, 0.1) is 26.3 Å². The van der Waals surface area contributed by atoms with Crippen molar-refractivity contribution in [1.29, 1.82) is 0 Å². The molecule has 2 aromatic rings. The summed E-state index contributed by atoms with van der Waals surface area (Å²) in [6, 6.07) is 8.94. The molecule has 1 aromatic heterocycles. The van der Waals surface area contributed by atoms with Crippen LogP contribution in [0.4, 0.5) is 5.69 Å². The molecule has 0 bridgehead atoms. The Kier molecular flexibility index (Phi) is 5.74. The van der Waals surface area contributed by atoms with E-state index in [1.165, 1.54) is 20.0 Å². The van der Waals surface area contributed by atoms with Crippen molar-refractivity contribution in [2.75, 3.05) is 25.2 Å². The molecule has 0 unspecified atom stereocenters. The second kappa shape index (κ2) is 8.84. The first kappa shape index (κ1) is 21.4. The first-order chi connectivity index (χ1) is 16.0. The fourth-order valence-corrected chi connectivity index (χ4v) is 4.41. The largest absolute Gasteiger partial charge is 0.479 e. The highest BCUT2D eigenvalue weighted by Crippen LogP contribution is 2.38. The summed E-state index contributed by atoms with van der Waals surface area (Å²) in [5.74, 6) is 1.04. The lowest BCUT2D eigenvalue weighted by Gasteiger charge is -2.18. The maximum Gasteiger partial charge on any atom is 0.306 e. The minimum absolute atomic E-state index is 0.0183. The number of fused-ring (bicyclic) bond motifs is 1. The second-order valence-electron chi connectivity index (χ2n) is 8.85. The number of carbonyl (C=O) groups is 3. The van der Waals surface area contributed by atoms with Gasteiger partial charge >= 0.3 is 5.97 Å². The van der Waals surface area contributed by atoms with E-state index < -0.39 is 6.10 Å². The van der Waals surface area contributed by atoms with Crippen LogP contribution in [0.25, 0.3) is 0 Å². The quantitative estimate of drug-likeness (QED) is 0.570. The van der Waals surface area contributed by atoms with Gasteiger partial charge in [-0.15, -0.1) is 0 Å². The van der Waals surface area contributed by atoms with E-state index in [1.54, 1.807) is 29.3 Å². The first-order valence-electron chi connectivity index (χ1n) is 11.3. The Morgan fingerprint density at radius 2 is 2.00 bits per heavy atom. The smallest absolute Gasteiger partial charge is 0.306 e. The van der Waals surface area contributed by atoms with Crippen molar-refractivity contribution in [1.82, 2.24) is 4.98 Å². The van der Waals surface area contributed by atoms with Crippen molar-refractivity contribution < 1.29 is 28.6 Å². The molecule has 172 valence electrons. The van der Waals surface area contributed by atoms with E-state index in [-0.39, 0.29) is 36.4 Å². The third kappa shape index (κ3) is 4.55. The number of esters is 1. The number of ketones is 1. The second-order valence-corrected chi connectivity index (χ2v) is 8.85. The SMILES string of the molecule is COC(=O)C[C@H]1CC(=O)c2cc(N3CC[C@@H](Oc4ccc(OCC5CC5)nc4)C3=O)ccc21. The lowest BCUT2D eigenvalue weighted by molar-refractivity contribution is -0.141. The minimum Gasteiger partial charge on any atom is -0.479 e. The number of Topliss-reactive ketones (excluding diaryl/α,β-unsaturated/α-hetero) is 1. The van der Waals surface area contributed by atoms with Crippen LogP contribution in [-0.4, -0.2) is 49.0 Å². The maximum absolute atomic E-state index is 13.0. The molecule has 3 aliphatic rings. The number of hydrogen-bond acceptors (Lipinski definition) is 7. The van der Waals surface area contributed by atoms with Crippen LogP contribution in [0, 0.1) is 5.92 Å². The predicted octanol–water partition coefficient (Wildman–Crippen LogP) is 3.29. The summed E-state index contributed by atoms with van der Waals surface area (Å²) in [5.41, 5.74) is 2.08. The number of methoxy groups -OCH3 is 1. The van der Waals surface area contributed by atoms with Crippen LogP contribution in [0.15, 0.2) is 36.5 Å². The van der Waals surface area contributed by atoms with Gasteiger partial charge in [0, 0.05) is 42.6 Å². The van der Waals surface area contributed by atoms with Crippen LogP contribution < -0.4 is 14.4 Å². The molecule has 33 heavy (non-hydrogen) atoms. The molecule has 2 atom stereocenters. The highest BCUT2D eigenvalue weighted by Gasteiger charge is 2.37. The summed E-state index contributed by atoms with van der Waals surface area (Å²) in [6.45, 7) is 1.19. The summed E-state index contributed by atoms with van der Waals surface area (Å²) in [6.07, 6.45) is 4.39. The fourth-order valence-electron chi connectivity index (χ4n) is 4.41. The van der Waals surface area contributed by atoms with Crippen LogP contribution >= 0.6 is 0 Å². The number of carbonyl (C=O) groups excluding carboxylic acids is 3. The number of hydrogen-bond donors (Lipinski definition) is 0. The van der Waals surface area contributed by atoms with Crippen LogP contribution in [-0.2, 0) is 14.3 Å². The zero-order valence-corrected chi connectivity index (χ0v) is 18.5. The number of ether oxygens (including phenoxy) is 3. The number of nitrogens with zero attached hydrogens (tertiary/aromatic N) is 2. The van der Waals surface area contributed by atoms with E-state index in [1.807, 2.05) is 12.1 Å². The van der Waals surface area contributed by atoms with Crippen molar-refractivity contribution in [2.24, 2.45) is 5.92 Å². The Bertz CT molecular complexity index is 1080. The highest BCUT2D eigenvalue weighted by molar-refractivity contribution is 6.05. The maximum atomic E-state index is 13.0. The summed E-state index contributed by atoms with van der Waals surface area (Å²) < 4.78 is 16.3. The zero-order valence-electron chi connectivity index (χ0n) is 18.5. The molecular weight excluding hydrogens is 424 g/mol. The van der Waals surface area contributed by atoms with E-state index >= 15 is 0 Å². The fraction of sp³-hybridized carbons (Fsp3) is 0.440. The van der Waals surface area contributed by atoms with Gasteiger partial charge in [-0.1, -0.05) is 6.07 Å². The normalized spacial score (nSPS) is 21.8. The number of rotatable bonds is 8. The topological polar surface area (TPSA) is 95.0 Å². The summed E-state index contributed by atoms with van der Waals surface area (Å²) in [4.78, 5) is 43.1. The molecule has 0 spiro atoms. The Hall–Kier alpha value is -3.42. The first-order valence-corrected chi connectivity index (χ1v) is 11.3. The molecule has 0 radical (unpaired) electrons. The standard InChI is InChI=1S/C25H26N2O6/c1-31-24(29)11-16-10-21(28)20-12-17(4-6-19(16)20)27-9-8-22(25(27)30)33-18-5-7-23(26-13-18)32-14-15-2-3-15/h4-7,12-13,15-16,22H,2-3,8-11,14H2,1H3/t16-,22-/m1/s1. The van der Waals surface area contributed by atoms with Crippen LogP contribution in [0.3, 0.4) is 0 Å². The molecule has 0 N–H and O–H groups in total. The van der Waals surface area contributed by atoms with E-state index in [2.05, 4.69) is 4.98 Å². The van der Waals surface area contributed by atoms with Gasteiger partial charge in [-0.3, -0.25) is 14.4 Å². The van der Waals surface area contributed by atoms with Gasteiger partial charge in [0.25, 0.3) is 5.91 Å². The third-order valence-corrected chi connectivity index (χ3v) is 6.47. The van der Waals surface area contributed by atoms with Crippen molar-refractivity contribution in [3.05, 3.63) is 47.7 Å². The third-order valence-electron chi connectivity index (χ3n) is 6.47. The molecule has 2 aliphatic carbocycles. The molecule has 1 aliphatic heterocycles. The van der Waals surface area contributed by atoms with Gasteiger partial charge in [-0.05, 0) is 42.5 Å². The van der Waals surface area contributed by atoms with Crippen molar-refractivity contribution in [3.63, 3.8) is 0 Å². The Balaban J connectivity index is 1.23. The predicted molar refractivity (Wildman–Crippen MR) is 119 cm³/mol. The van der Waals surface area contributed by atoms with Crippen molar-refractivity contribution >= 4 is 23.3 Å². The average molecular weight is 450 g/mol. The van der Waals surface area contributed by atoms with E-state index in [9.17, 15) is 14.4 Å². The molecule has 5 rings (SSSR count). The molecule has 2 fully saturated rings. The summed E-state index contributed by atoms with van der Waals surface area (Å²) in [7, 11) is 1.34.